The highest BCUT2D eigenvalue weighted by atomic mass is 16.4. The van der Waals surface area contributed by atoms with Gasteiger partial charge in [-0.1, -0.05) is 19.9 Å². The summed E-state index contributed by atoms with van der Waals surface area (Å²) < 4.78 is 0. The first-order valence-corrected chi connectivity index (χ1v) is 6.63. The molecular formula is C15H22O5. The fourth-order valence-corrected chi connectivity index (χ4v) is 2.04. The molecule has 0 saturated carbocycles. The summed E-state index contributed by atoms with van der Waals surface area (Å²) in [6, 6.07) is 3.69. The molecule has 0 aliphatic rings. The Hall–Kier alpha value is -1.59. The van der Waals surface area contributed by atoms with Crippen LogP contribution in [0.4, 0.5) is 0 Å². The lowest BCUT2D eigenvalue weighted by molar-refractivity contribution is -0.0730. The third-order valence-electron chi connectivity index (χ3n) is 3.46. The zero-order valence-electron chi connectivity index (χ0n) is 12.0. The van der Waals surface area contributed by atoms with E-state index in [1.807, 2.05) is 13.8 Å². The molecular weight excluding hydrogens is 260 g/mol. The Labute approximate surface area is 118 Å². The lowest BCUT2D eigenvalue weighted by atomic mass is 9.85. The molecule has 1 aromatic rings. The summed E-state index contributed by atoms with van der Waals surface area (Å²) in [5.74, 6) is -1.10. The van der Waals surface area contributed by atoms with Gasteiger partial charge in [0.2, 0.25) is 0 Å². The molecule has 0 saturated heterocycles. The summed E-state index contributed by atoms with van der Waals surface area (Å²) in [5, 5.41) is 39.2. The van der Waals surface area contributed by atoms with Crippen molar-refractivity contribution in [3.63, 3.8) is 0 Å². The summed E-state index contributed by atoms with van der Waals surface area (Å²) in [7, 11) is 0. The van der Waals surface area contributed by atoms with Gasteiger partial charge in [0.15, 0.2) is 0 Å². The predicted octanol–water partition coefficient (Wildman–Crippen LogP) is 2.10. The second-order valence-electron chi connectivity index (χ2n) is 5.67. The molecule has 0 spiro atoms. The van der Waals surface area contributed by atoms with E-state index >= 15 is 0 Å². The molecule has 1 aromatic carbocycles. The number of hydrogen-bond acceptors (Lipinski definition) is 4. The third kappa shape index (κ3) is 3.71. The molecule has 0 heterocycles. The van der Waals surface area contributed by atoms with E-state index in [0.29, 0.717) is 12.3 Å². The van der Waals surface area contributed by atoms with E-state index in [-0.39, 0.29) is 16.9 Å². The Kier molecular flexibility index (Phi) is 5.14. The van der Waals surface area contributed by atoms with Crippen LogP contribution in [0.25, 0.3) is 0 Å². The van der Waals surface area contributed by atoms with Gasteiger partial charge in [-0.2, -0.15) is 0 Å². The van der Waals surface area contributed by atoms with Crippen LogP contribution in [0.1, 0.15) is 49.5 Å². The second-order valence-corrected chi connectivity index (χ2v) is 5.67. The molecule has 0 aliphatic heterocycles. The van der Waals surface area contributed by atoms with Gasteiger partial charge in [0.1, 0.15) is 11.4 Å². The van der Waals surface area contributed by atoms with Gasteiger partial charge in [-0.25, -0.2) is 4.79 Å². The maximum Gasteiger partial charge on any atom is 0.335 e. The first-order chi connectivity index (χ1) is 9.16. The van der Waals surface area contributed by atoms with Crippen molar-refractivity contribution in [2.45, 2.75) is 45.3 Å². The molecule has 0 unspecified atom stereocenters. The number of phenols is 1. The number of carbonyl (C=O) groups is 1. The van der Waals surface area contributed by atoms with Gasteiger partial charge in [-0.15, -0.1) is 0 Å². The zero-order chi connectivity index (χ0) is 15.5. The number of hydrogen-bond donors (Lipinski definition) is 4. The molecule has 2 atom stereocenters. The van der Waals surface area contributed by atoms with Crippen molar-refractivity contribution >= 4 is 5.97 Å². The van der Waals surface area contributed by atoms with Crippen molar-refractivity contribution in [1.82, 2.24) is 0 Å². The fraction of sp³-hybridized carbons (Fsp3) is 0.533. The smallest absolute Gasteiger partial charge is 0.335 e. The van der Waals surface area contributed by atoms with Gasteiger partial charge in [0.25, 0.3) is 0 Å². The van der Waals surface area contributed by atoms with Crippen molar-refractivity contribution in [2.24, 2.45) is 5.92 Å². The molecule has 5 nitrogen and oxygen atoms in total. The van der Waals surface area contributed by atoms with Gasteiger partial charge in [0, 0.05) is 5.56 Å². The van der Waals surface area contributed by atoms with E-state index in [1.54, 1.807) is 0 Å². The minimum Gasteiger partial charge on any atom is -0.508 e. The summed E-state index contributed by atoms with van der Waals surface area (Å²) in [6.07, 6.45) is 0.0993. The van der Waals surface area contributed by atoms with E-state index in [1.165, 1.54) is 19.1 Å². The van der Waals surface area contributed by atoms with Crippen molar-refractivity contribution in [3.8, 4) is 5.75 Å². The number of aliphatic hydroxyl groups excluding tert-OH is 1. The van der Waals surface area contributed by atoms with E-state index < -0.39 is 17.7 Å². The number of aromatic carboxylic acids is 1. The van der Waals surface area contributed by atoms with E-state index in [0.717, 1.165) is 12.5 Å². The summed E-state index contributed by atoms with van der Waals surface area (Å²) in [6.45, 7) is 5.44. The first-order valence-electron chi connectivity index (χ1n) is 6.63. The molecule has 1 rings (SSSR count). The molecule has 0 fully saturated rings. The molecule has 5 heteroatoms. The quantitative estimate of drug-likeness (QED) is 0.640. The Morgan fingerprint density at radius 1 is 1.30 bits per heavy atom. The van der Waals surface area contributed by atoms with Crippen molar-refractivity contribution in [1.29, 1.82) is 0 Å². The molecule has 20 heavy (non-hydrogen) atoms. The fourth-order valence-electron chi connectivity index (χ4n) is 2.04. The Morgan fingerprint density at radius 3 is 2.35 bits per heavy atom. The van der Waals surface area contributed by atoms with Crippen LogP contribution < -0.4 is 0 Å². The maximum absolute atomic E-state index is 10.8. The van der Waals surface area contributed by atoms with Gasteiger partial charge < -0.3 is 20.4 Å². The SMILES string of the molecule is CC(C)CC[C@H](O)[C@](C)(O)c1ccc(C(=O)O)cc1O. The zero-order valence-corrected chi connectivity index (χ0v) is 12.0. The number of benzene rings is 1. The number of carboxylic acid groups (broad SMARTS) is 1. The van der Waals surface area contributed by atoms with Gasteiger partial charge in [-0.05, 0) is 37.8 Å². The Bertz CT molecular complexity index is 479. The van der Waals surface area contributed by atoms with Crippen molar-refractivity contribution in [2.75, 3.05) is 0 Å². The highest BCUT2D eigenvalue weighted by molar-refractivity contribution is 5.88. The molecule has 112 valence electrons. The van der Waals surface area contributed by atoms with Crippen LogP contribution >= 0.6 is 0 Å². The average Bonchev–Trinajstić information content (AvgIpc) is 2.35. The normalized spacial score (nSPS) is 15.9. The van der Waals surface area contributed by atoms with Crippen LogP contribution in [-0.4, -0.2) is 32.5 Å². The van der Waals surface area contributed by atoms with Crippen LogP contribution in [0.2, 0.25) is 0 Å². The van der Waals surface area contributed by atoms with Gasteiger partial charge in [-0.3, -0.25) is 0 Å². The topological polar surface area (TPSA) is 98.0 Å². The minimum absolute atomic E-state index is 0.0706. The molecule has 0 radical (unpaired) electrons. The molecule has 0 aromatic heterocycles. The van der Waals surface area contributed by atoms with E-state index in [4.69, 9.17) is 5.11 Å². The van der Waals surface area contributed by atoms with Gasteiger partial charge in [0.05, 0.1) is 11.7 Å². The number of phenolic OH excluding ortho intramolecular Hbond substituents is 1. The Balaban J connectivity index is 2.99. The lowest BCUT2D eigenvalue weighted by Gasteiger charge is -2.30. The maximum atomic E-state index is 10.8. The van der Waals surface area contributed by atoms with Crippen molar-refractivity contribution in [3.05, 3.63) is 29.3 Å². The van der Waals surface area contributed by atoms with Crippen LogP contribution in [0.3, 0.4) is 0 Å². The average molecular weight is 282 g/mol. The summed E-state index contributed by atoms with van der Waals surface area (Å²) in [4.78, 5) is 10.8. The second kappa shape index (κ2) is 6.24. The Morgan fingerprint density at radius 2 is 1.90 bits per heavy atom. The van der Waals surface area contributed by atoms with Crippen LogP contribution in [0.15, 0.2) is 18.2 Å². The lowest BCUT2D eigenvalue weighted by Crippen LogP contribution is -2.36. The number of aliphatic hydroxyl groups is 2. The van der Waals surface area contributed by atoms with Crippen molar-refractivity contribution < 1.29 is 25.2 Å². The summed E-state index contributed by atoms with van der Waals surface area (Å²) in [5.41, 5.74) is -1.58. The standard InChI is InChI=1S/C15H22O5/c1-9(2)4-7-13(17)15(3,20)11-6-5-10(14(18)19)8-12(11)16/h5-6,8-9,13,16-17,20H,4,7H2,1-3H3,(H,18,19)/t13-,15+/m0/s1. The molecule has 0 aliphatic carbocycles. The van der Waals surface area contributed by atoms with Crippen LogP contribution in [-0.2, 0) is 5.60 Å². The number of carboxylic acids is 1. The first kappa shape index (κ1) is 16.5. The highest BCUT2D eigenvalue weighted by Crippen LogP contribution is 2.34. The van der Waals surface area contributed by atoms with E-state index in [2.05, 4.69) is 0 Å². The monoisotopic (exact) mass is 282 g/mol. The largest absolute Gasteiger partial charge is 0.508 e. The summed E-state index contributed by atoms with van der Waals surface area (Å²) >= 11 is 0. The number of rotatable bonds is 6. The minimum atomic E-state index is -1.63. The molecule has 0 amide bonds. The molecule has 0 bridgehead atoms. The highest BCUT2D eigenvalue weighted by Gasteiger charge is 2.34. The van der Waals surface area contributed by atoms with Crippen LogP contribution in [0.5, 0.6) is 5.75 Å². The third-order valence-corrected chi connectivity index (χ3v) is 3.46. The molecule has 4 N–H and O–H groups in total. The predicted molar refractivity (Wildman–Crippen MR) is 74.7 cm³/mol. The van der Waals surface area contributed by atoms with Gasteiger partial charge >= 0.3 is 5.97 Å². The van der Waals surface area contributed by atoms with Crippen LogP contribution in [0, 0.1) is 5.92 Å². The number of aromatic hydroxyl groups is 1. The van der Waals surface area contributed by atoms with E-state index in [9.17, 15) is 20.1 Å².